The van der Waals surface area contributed by atoms with Crippen molar-refractivity contribution >= 4 is 0 Å². The lowest BCUT2D eigenvalue weighted by atomic mass is 10.1. The zero-order valence-electron chi connectivity index (χ0n) is 8.69. The first-order chi connectivity index (χ1) is 6.09. The van der Waals surface area contributed by atoms with Gasteiger partial charge in [-0.2, -0.15) is 0 Å². The molecule has 0 saturated carbocycles. The topological polar surface area (TPSA) is 38.7 Å². The van der Waals surface area contributed by atoms with E-state index in [1.165, 1.54) is 0 Å². The summed E-state index contributed by atoms with van der Waals surface area (Å²) in [5.41, 5.74) is 0. The van der Waals surface area contributed by atoms with Crippen LogP contribution in [0.3, 0.4) is 0 Å². The maximum absolute atomic E-state index is 9.39. The second kappa shape index (κ2) is 4.94. The predicted octanol–water partition coefficient (Wildman–Crippen LogP) is 1.54. The van der Waals surface area contributed by atoms with Gasteiger partial charge >= 0.3 is 0 Å². The second-order valence-corrected chi connectivity index (χ2v) is 4.14. The van der Waals surface area contributed by atoms with E-state index in [2.05, 4.69) is 13.8 Å². The van der Waals surface area contributed by atoms with Crippen LogP contribution in [0.2, 0.25) is 0 Å². The third-order valence-electron chi connectivity index (χ3n) is 2.22. The molecule has 1 fully saturated rings. The van der Waals surface area contributed by atoms with Crippen molar-refractivity contribution in [2.45, 2.75) is 52.1 Å². The Labute approximate surface area is 80.0 Å². The minimum atomic E-state index is -0.320. The fraction of sp³-hybridized carbons (Fsp3) is 1.00. The molecule has 0 bridgehead atoms. The van der Waals surface area contributed by atoms with Crippen LogP contribution in [0.4, 0.5) is 0 Å². The molecule has 3 heteroatoms. The Hall–Kier alpha value is -0.120. The third kappa shape index (κ3) is 3.63. The molecular formula is C10H20O3. The Bertz CT molecular complexity index is 147. The minimum Gasteiger partial charge on any atom is -0.390 e. The summed E-state index contributed by atoms with van der Waals surface area (Å²) in [7, 11) is 0. The largest absolute Gasteiger partial charge is 0.390 e. The molecule has 1 aliphatic heterocycles. The number of hydrogen-bond acceptors (Lipinski definition) is 3. The van der Waals surface area contributed by atoms with Crippen LogP contribution in [0.15, 0.2) is 0 Å². The van der Waals surface area contributed by atoms with Gasteiger partial charge in [0.15, 0.2) is 6.29 Å². The second-order valence-electron chi connectivity index (χ2n) is 4.14. The fourth-order valence-corrected chi connectivity index (χ4v) is 1.36. The molecule has 1 rings (SSSR count). The van der Waals surface area contributed by atoms with Crippen LogP contribution in [0.25, 0.3) is 0 Å². The first-order valence-corrected chi connectivity index (χ1v) is 5.04. The molecule has 78 valence electrons. The molecule has 1 heterocycles. The standard InChI is InChI=1S/C10H20O3/c1-7(2)6-12-10-5-4-9(11)8(3)13-10/h7-11H,4-6H2,1-3H3. The maximum Gasteiger partial charge on any atom is 0.158 e. The van der Waals surface area contributed by atoms with Gasteiger partial charge in [-0.1, -0.05) is 13.8 Å². The van der Waals surface area contributed by atoms with E-state index in [0.29, 0.717) is 5.92 Å². The molecule has 3 unspecified atom stereocenters. The van der Waals surface area contributed by atoms with Crippen molar-refractivity contribution in [3.8, 4) is 0 Å². The summed E-state index contributed by atoms with van der Waals surface area (Å²) in [5, 5.41) is 9.39. The molecule has 13 heavy (non-hydrogen) atoms. The number of aliphatic hydroxyl groups is 1. The van der Waals surface area contributed by atoms with Crippen molar-refractivity contribution in [1.82, 2.24) is 0 Å². The molecule has 0 spiro atoms. The zero-order chi connectivity index (χ0) is 9.84. The molecule has 0 amide bonds. The molecule has 0 aliphatic carbocycles. The SMILES string of the molecule is CC(C)COC1CCC(O)C(C)O1. The van der Waals surface area contributed by atoms with Gasteiger partial charge in [-0.25, -0.2) is 0 Å². The Morgan fingerprint density at radius 2 is 2.15 bits per heavy atom. The molecule has 1 aliphatic rings. The van der Waals surface area contributed by atoms with Crippen LogP contribution in [-0.2, 0) is 9.47 Å². The van der Waals surface area contributed by atoms with Crippen molar-refractivity contribution in [2.24, 2.45) is 5.92 Å². The lowest BCUT2D eigenvalue weighted by Gasteiger charge is -2.31. The van der Waals surface area contributed by atoms with Crippen LogP contribution < -0.4 is 0 Å². The summed E-state index contributed by atoms with van der Waals surface area (Å²) in [4.78, 5) is 0. The van der Waals surface area contributed by atoms with E-state index in [1.54, 1.807) is 0 Å². The van der Waals surface area contributed by atoms with Gasteiger partial charge in [-0.15, -0.1) is 0 Å². The summed E-state index contributed by atoms with van der Waals surface area (Å²) in [5.74, 6) is 0.533. The van der Waals surface area contributed by atoms with Crippen molar-refractivity contribution < 1.29 is 14.6 Å². The van der Waals surface area contributed by atoms with E-state index in [9.17, 15) is 5.11 Å². The summed E-state index contributed by atoms with van der Waals surface area (Å²) in [6.07, 6.45) is 1.06. The molecule has 3 atom stereocenters. The monoisotopic (exact) mass is 188 g/mol. The van der Waals surface area contributed by atoms with Crippen molar-refractivity contribution in [3.05, 3.63) is 0 Å². The van der Waals surface area contributed by atoms with Crippen LogP contribution in [0.5, 0.6) is 0 Å². The van der Waals surface area contributed by atoms with Crippen LogP contribution in [0, 0.1) is 5.92 Å². The van der Waals surface area contributed by atoms with Gasteiger partial charge in [-0.3, -0.25) is 0 Å². The molecule has 0 aromatic rings. The van der Waals surface area contributed by atoms with E-state index in [1.807, 2.05) is 6.92 Å². The highest BCUT2D eigenvalue weighted by Gasteiger charge is 2.26. The number of aliphatic hydroxyl groups excluding tert-OH is 1. The number of hydrogen-bond donors (Lipinski definition) is 1. The fourth-order valence-electron chi connectivity index (χ4n) is 1.36. The van der Waals surface area contributed by atoms with E-state index < -0.39 is 0 Å². The molecule has 0 aromatic heterocycles. The Morgan fingerprint density at radius 3 is 2.69 bits per heavy atom. The van der Waals surface area contributed by atoms with Crippen molar-refractivity contribution in [3.63, 3.8) is 0 Å². The van der Waals surface area contributed by atoms with Crippen LogP contribution in [0.1, 0.15) is 33.6 Å². The van der Waals surface area contributed by atoms with Gasteiger partial charge in [0.05, 0.1) is 18.8 Å². The summed E-state index contributed by atoms with van der Waals surface area (Å²) in [6, 6.07) is 0. The predicted molar refractivity (Wildman–Crippen MR) is 50.4 cm³/mol. The first-order valence-electron chi connectivity index (χ1n) is 5.04. The van der Waals surface area contributed by atoms with Crippen LogP contribution >= 0.6 is 0 Å². The molecule has 1 saturated heterocycles. The average molecular weight is 188 g/mol. The van der Waals surface area contributed by atoms with Gasteiger partial charge in [0, 0.05) is 6.42 Å². The molecule has 0 radical (unpaired) electrons. The lowest BCUT2D eigenvalue weighted by molar-refractivity contribution is -0.220. The van der Waals surface area contributed by atoms with Gasteiger partial charge < -0.3 is 14.6 Å². The van der Waals surface area contributed by atoms with E-state index >= 15 is 0 Å². The highest BCUT2D eigenvalue weighted by molar-refractivity contribution is 4.71. The molecule has 0 aromatic carbocycles. The van der Waals surface area contributed by atoms with Gasteiger partial charge in [0.2, 0.25) is 0 Å². The van der Waals surface area contributed by atoms with E-state index in [4.69, 9.17) is 9.47 Å². The third-order valence-corrected chi connectivity index (χ3v) is 2.22. The van der Waals surface area contributed by atoms with Crippen molar-refractivity contribution in [1.29, 1.82) is 0 Å². The Kier molecular flexibility index (Phi) is 4.16. The van der Waals surface area contributed by atoms with Gasteiger partial charge in [0.25, 0.3) is 0 Å². The van der Waals surface area contributed by atoms with E-state index in [0.717, 1.165) is 19.4 Å². The Morgan fingerprint density at radius 1 is 1.46 bits per heavy atom. The van der Waals surface area contributed by atoms with Crippen LogP contribution in [-0.4, -0.2) is 30.2 Å². The van der Waals surface area contributed by atoms with Crippen molar-refractivity contribution in [2.75, 3.05) is 6.61 Å². The molecular weight excluding hydrogens is 168 g/mol. The smallest absolute Gasteiger partial charge is 0.158 e. The van der Waals surface area contributed by atoms with Gasteiger partial charge in [-0.05, 0) is 19.3 Å². The highest BCUT2D eigenvalue weighted by Crippen LogP contribution is 2.20. The van der Waals surface area contributed by atoms with E-state index in [-0.39, 0.29) is 18.5 Å². The Balaban J connectivity index is 2.21. The zero-order valence-corrected chi connectivity index (χ0v) is 8.69. The summed E-state index contributed by atoms with van der Waals surface area (Å²) in [6.45, 7) is 6.84. The average Bonchev–Trinajstić information content (AvgIpc) is 2.07. The number of rotatable bonds is 3. The highest BCUT2D eigenvalue weighted by atomic mass is 16.7. The normalized spacial score (nSPS) is 35.3. The quantitative estimate of drug-likeness (QED) is 0.730. The summed E-state index contributed by atoms with van der Waals surface area (Å²) >= 11 is 0. The molecule has 1 N–H and O–H groups in total. The minimum absolute atomic E-state index is 0.0917. The van der Waals surface area contributed by atoms with Gasteiger partial charge in [0.1, 0.15) is 0 Å². The first kappa shape index (κ1) is 11.0. The molecule has 3 nitrogen and oxygen atoms in total. The summed E-state index contributed by atoms with van der Waals surface area (Å²) < 4.78 is 11.0. The number of ether oxygens (including phenoxy) is 2. The lowest BCUT2D eigenvalue weighted by Crippen LogP contribution is -2.38. The maximum atomic E-state index is 9.39.